The molecule has 1 aliphatic carbocycles. The van der Waals surface area contributed by atoms with Crippen molar-refractivity contribution in [1.29, 1.82) is 0 Å². The Morgan fingerprint density at radius 2 is 1.86 bits per heavy atom. The first-order valence-corrected chi connectivity index (χ1v) is 7.90. The van der Waals surface area contributed by atoms with Crippen molar-refractivity contribution >= 4 is 34.8 Å². The van der Waals surface area contributed by atoms with E-state index in [9.17, 15) is 0 Å². The van der Waals surface area contributed by atoms with E-state index in [0.29, 0.717) is 32.6 Å². The molecule has 1 aliphatic rings. The Morgan fingerprint density at radius 3 is 2.57 bits per heavy atom. The lowest BCUT2D eigenvalue weighted by Gasteiger charge is -2.11. The van der Waals surface area contributed by atoms with Crippen LogP contribution in [0.2, 0.25) is 15.1 Å². The molecule has 0 radical (unpaired) electrons. The van der Waals surface area contributed by atoms with Crippen LogP contribution in [0.4, 0.5) is 0 Å². The lowest BCUT2D eigenvalue weighted by atomic mass is 10.2. The molecule has 3 rings (SSSR count). The molecule has 0 bridgehead atoms. The zero-order chi connectivity index (χ0) is 14.8. The van der Waals surface area contributed by atoms with Crippen LogP contribution in [0, 0.1) is 0 Å². The normalized spacial score (nSPS) is 14.2. The molecule has 0 spiro atoms. The second-order valence-electron chi connectivity index (χ2n) is 5.06. The minimum atomic E-state index is 0.398. The van der Waals surface area contributed by atoms with Gasteiger partial charge in [-0.2, -0.15) is 0 Å². The van der Waals surface area contributed by atoms with Gasteiger partial charge < -0.3 is 10.1 Å². The zero-order valence-electron chi connectivity index (χ0n) is 11.2. The average Bonchev–Trinajstić information content (AvgIpc) is 3.27. The minimum Gasteiger partial charge on any atom is -0.456 e. The molecule has 2 aromatic rings. The van der Waals surface area contributed by atoms with Crippen LogP contribution in [0.3, 0.4) is 0 Å². The van der Waals surface area contributed by atoms with Crippen LogP contribution in [0.15, 0.2) is 36.4 Å². The molecule has 0 unspecified atom stereocenters. The van der Waals surface area contributed by atoms with Crippen molar-refractivity contribution in [3.8, 4) is 11.5 Å². The van der Waals surface area contributed by atoms with Gasteiger partial charge in [-0.25, -0.2) is 0 Å². The van der Waals surface area contributed by atoms with Crippen molar-refractivity contribution in [2.24, 2.45) is 0 Å². The van der Waals surface area contributed by atoms with Gasteiger partial charge in [0.25, 0.3) is 0 Å². The van der Waals surface area contributed by atoms with Crippen LogP contribution in [-0.2, 0) is 6.54 Å². The van der Waals surface area contributed by atoms with E-state index in [4.69, 9.17) is 39.5 Å². The molecule has 21 heavy (non-hydrogen) atoms. The van der Waals surface area contributed by atoms with Crippen molar-refractivity contribution in [3.63, 3.8) is 0 Å². The van der Waals surface area contributed by atoms with Gasteiger partial charge in [0.2, 0.25) is 0 Å². The number of hydrogen-bond acceptors (Lipinski definition) is 2. The van der Waals surface area contributed by atoms with E-state index in [1.54, 1.807) is 24.3 Å². The van der Waals surface area contributed by atoms with Crippen LogP contribution >= 0.6 is 34.8 Å². The highest BCUT2D eigenvalue weighted by molar-refractivity contribution is 6.42. The Kier molecular flexibility index (Phi) is 4.60. The third kappa shape index (κ3) is 3.83. The summed E-state index contributed by atoms with van der Waals surface area (Å²) in [4.78, 5) is 0. The van der Waals surface area contributed by atoms with E-state index < -0.39 is 0 Å². The van der Waals surface area contributed by atoms with Gasteiger partial charge in [0, 0.05) is 17.6 Å². The number of halogens is 3. The number of benzene rings is 2. The predicted molar refractivity (Wildman–Crippen MR) is 87.8 cm³/mol. The van der Waals surface area contributed by atoms with Crippen molar-refractivity contribution in [2.75, 3.05) is 0 Å². The molecule has 0 saturated heterocycles. The highest BCUT2D eigenvalue weighted by Gasteiger charge is 2.20. The topological polar surface area (TPSA) is 21.3 Å². The predicted octanol–water partition coefficient (Wildman–Crippen LogP) is 5.69. The average molecular weight is 343 g/mol. The van der Waals surface area contributed by atoms with Gasteiger partial charge in [-0.15, -0.1) is 0 Å². The SMILES string of the molecule is Clc1cc(Oc2cccc(Cl)c2Cl)ccc1CNC1CC1. The highest BCUT2D eigenvalue weighted by atomic mass is 35.5. The molecule has 0 aromatic heterocycles. The summed E-state index contributed by atoms with van der Waals surface area (Å²) in [5.41, 5.74) is 1.06. The minimum absolute atomic E-state index is 0.398. The van der Waals surface area contributed by atoms with Crippen LogP contribution in [0.25, 0.3) is 0 Å². The molecule has 2 aromatic carbocycles. The van der Waals surface area contributed by atoms with E-state index in [2.05, 4.69) is 5.32 Å². The Labute approximate surface area is 139 Å². The first kappa shape index (κ1) is 15.0. The van der Waals surface area contributed by atoms with E-state index in [0.717, 1.165) is 12.1 Å². The van der Waals surface area contributed by atoms with Gasteiger partial charge in [-0.1, -0.05) is 46.9 Å². The lowest BCUT2D eigenvalue weighted by Crippen LogP contribution is -2.15. The van der Waals surface area contributed by atoms with Crippen LogP contribution < -0.4 is 10.1 Å². The number of nitrogens with one attached hydrogen (secondary N) is 1. The summed E-state index contributed by atoms with van der Waals surface area (Å²) in [6.07, 6.45) is 2.51. The third-order valence-electron chi connectivity index (χ3n) is 3.33. The lowest BCUT2D eigenvalue weighted by molar-refractivity contribution is 0.482. The molecule has 2 nitrogen and oxygen atoms in total. The maximum absolute atomic E-state index is 6.29. The number of ether oxygens (including phenoxy) is 1. The molecule has 0 atom stereocenters. The van der Waals surface area contributed by atoms with Gasteiger partial charge in [0.1, 0.15) is 16.5 Å². The fourth-order valence-electron chi connectivity index (χ4n) is 1.97. The molecule has 0 heterocycles. The maximum atomic E-state index is 6.29. The fraction of sp³-hybridized carbons (Fsp3) is 0.250. The van der Waals surface area contributed by atoms with Crippen molar-refractivity contribution in [2.45, 2.75) is 25.4 Å². The van der Waals surface area contributed by atoms with Gasteiger partial charge in [0.05, 0.1) is 5.02 Å². The van der Waals surface area contributed by atoms with Crippen LogP contribution in [0.5, 0.6) is 11.5 Å². The third-order valence-corrected chi connectivity index (χ3v) is 4.48. The maximum Gasteiger partial charge on any atom is 0.147 e. The van der Waals surface area contributed by atoms with E-state index in [-0.39, 0.29) is 0 Å². The number of hydrogen-bond donors (Lipinski definition) is 1. The largest absolute Gasteiger partial charge is 0.456 e. The summed E-state index contributed by atoms with van der Waals surface area (Å²) < 4.78 is 5.74. The highest BCUT2D eigenvalue weighted by Crippen LogP contribution is 2.35. The number of rotatable bonds is 5. The quantitative estimate of drug-likeness (QED) is 0.753. The van der Waals surface area contributed by atoms with Gasteiger partial charge >= 0.3 is 0 Å². The molecular weight excluding hydrogens is 329 g/mol. The molecule has 1 N–H and O–H groups in total. The Hall–Kier alpha value is -0.930. The zero-order valence-corrected chi connectivity index (χ0v) is 13.5. The summed E-state index contributed by atoms with van der Waals surface area (Å²) in [5.74, 6) is 1.16. The van der Waals surface area contributed by atoms with E-state index in [1.165, 1.54) is 12.8 Å². The second-order valence-corrected chi connectivity index (χ2v) is 6.25. The Balaban J connectivity index is 1.73. The molecule has 5 heteroatoms. The molecule has 0 aliphatic heterocycles. The van der Waals surface area contributed by atoms with E-state index in [1.807, 2.05) is 12.1 Å². The summed E-state index contributed by atoms with van der Waals surface area (Å²) in [6.45, 7) is 0.779. The molecule has 110 valence electrons. The Bertz CT molecular complexity index is 656. The van der Waals surface area contributed by atoms with Gasteiger partial charge in [-0.3, -0.25) is 0 Å². The summed E-state index contributed by atoms with van der Waals surface area (Å²) in [5, 5.41) is 4.98. The summed E-state index contributed by atoms with van der Waals surface area (Å²) >= 11 is 18.4. The molecule has 0 amide bonds. The summed E-state index contributed by atoms with van der Waals surface area (Å²) in [6, 6.07) is 11.6. The Morgan fingerprint density at radius 1 is 1.05 bits per heavy atom. The molecule has 1 fully saturated rings. The monoisotopic (exact) mass is 341 g/mol. The van der Waals surface area contributed by atoms with E-state index >= 15 is 0 Å². The molecular formula is C16H14Cl3NO. The molecule has 1 saturated carbocycles. The van der Waals surface area contributed by atoms with Crippen molar-refractivity contribution < 1.29 is 4.74 Å². The summed E-state index contributed by atoms with van der Waals surface area (Å²) in [7, 11) is 0. The van der Waals surface area contributed by atoms with Crippen molar-refractivity contribution in [3.05, 3.63) is 57.0 Å². The smallest absolute Gasteiger partial charge is 0.147 e. The first-order valence-electron chi connectivity index (χ1n) is 6.77. The van der Waals surface area contributed by atoms with Crippen LogP contribution in [0.1, 0.15) is 18.4 Å². The van der Waals surface area contributed by atoms with Gasteiger partial charge in [-0.05, 0) is 42.7 Å². The fourth-order valence-corrected chi connectivity index (χ4v) is 2.53. The van der Waals surface area contributed by atoms with Crippen LogP contribution in [-0.4, -0.2) is 6.04 Å². The van der Waals surface area contributed by atoms with Crippen molar-refractivity contribution in [1.82, 2.24) is 5.32 Å². The standard InChI is InChI=1S/C16H14Cl3NO/c17-13-2-1-3-15(16(13)19)21-12-7-4-10(14(18)8-12)9-20-11-5-6-11/h1-4,7-8,11,20H,5-6,9H2. The van der Waals surface area contributed by atoms with Gasteiger partial charge in [0.15, 0.2) is 0 Å². The second kappa shape index (κ2) is 6.45. The first-order chi connectivity index (χ1) is 10.1.